The minimum Gasteiger partial charge on any atom is -0.492 e. The van der Waals surface area contributed by atoms with Crippen molar-refractivity contribution in [2.75, 3.05) is 6.61 Å². The maximum absolute atomic E-state index is 6.67. The zero-order valence-electron chi connectivity index (χ0n) is 12.4. The molecule has 21 heavy (non-hydrogen) atoms. The molecule has 1 aliphatic rings. The van der Waals surface area contributed by atoms with E-state index in [-0.39, 0.29) is 10.8 Å². The molecule has 3 rings (SSSR count). The summed E-state index contributed by atoms with van der Waals surface area (Å²) in [5, 5.41) is 0.518. The van der Waals surface area contributed by atoms with Crippen LogP contribution in [-0.2, 0) is 5.41 Å². The quantitative estimate of drug-likeness (QED) is 0.650. The van der Waals surface area contributed by atoms with E-state index in [0.29, 0.717) is 0 Å². The third-order valence-corrected chi connectivity index (χ3v) is 4.69. The molecule has 0 fully saturated rings. The van der Waals surface area contributed by atoms with E-state index in [9.17, 15) is 0 Å². The smallest absolute Gasteiger partial charge is 0.123 e. The van der Waals surface area contributed by atoms with Crippen LogP contribution in [0.5, 0.6) is 5.75 Å². The Bertz CT molecular complexity index is 671. The molecule has 0 N–H and O–H groups in total. The Morgan fingerprint density at radius 3 is 2.57 bits per heavy atom. The molecular formula is C18H18Cl2O. The average Bonchev–Trinajstić information content (AvgIpc) is 2.72. The third kappa shape index (κ3) is 2.77. The van der Waals surface area contributed by atoms with Gasteiger partial charge in [-0.05, 0) is 47.9 Å². The van der Waals surface area contributed by atoms with Crippen molar-refractivity contribution in [3.8, 4) is 5.75 Å². The zero-order valence-corrected chi connectivity index (χ0v) is 13.9. The standard InChI is InChI=1S/C18H18Cl2O/c1-11-6-13(8-14(19)7-11)17(20)12-4-5-16-15(9-12)18(2,3)10-21-16/h4-9,17H,10H2,1-3H3. The summed E-state index contributed by atoms with van der Waals surface area (Å²) in [4.78, 5) is 0. The molecule has 3 heteroatoms. The van der Waals surface area contributed by atoms with Crippen molar-refractivity contribution in [3.63, 3.8) is 0 Å². The molecule has 0 radical (unpaired) electrons. The van der Waals surface area contributed by atoms with Gasteiger partial charge in [-0.1, -0.05) is 37.6 Å². The minimum atomic E-state index is -0.205. The molecule has 0 spiro atoms. The second-order valence-corrected chi connectivity index (χ2v) is 7.23. The van der Waals surface area contributed by atoms with E-state index < -0.39 is 0 Å². The summed E-state index contributed by atoms with van der Waals surface area (Å²) in [6.45, 7) is 7.12. The molecule has 1 nitrogen and oxygen atoms in total. The molecule has 0 aromatic heterocycles. The van der Waals surface area contributed by atoms with Gasteiger partial charge in [-0.2, -0.15) is 0 Å². The molecule has 1 aliphatic heterocycles. The molecule has 0 saturated carbocycles. The van der Waals surface area contributed by atoms with Crippen molar-refractivity contribution in [1.82, 2.24) is 0 Å². The highest BCUT2D eigenvalue weighted by Crippen LogP contribution is 2.41. The summed E-state index contributed by atoms with van der Waals surface area (Å²) in [6.07, 6.45) is 0. The van der Waals surface area contributed by atoms with Gasteiger partial charge in [-0.25, -0.2) is 0 Å². The number of rotatable bonds is 2. The zero-order chi connectivity index (χ0) is 15.2. The van der Waals surface area contributed by atoms with Crippen molar-refractivity contribution < 1.29 is 4.74 Å². The van der Waals surface area contributed by atoms with Crippen molar-refractivity contribution >= 4 is 23.2 Å². The van der Waals surface area contributed by atoms with Crippen molar-refractivity contribution in [3.05, 3.63) is 63.7 Å². The normalized spacial score (nSPS) is 17.2. The first kappa shape index (κ1) is 14.7. The van der Waals surface area contributed by atoms with Gasteiger partial charge in [-0.15, -0.1) is 11.6 Å². The Morgan fingerprint density at radius 1 is 1.10 bits per heavy atom. The highest BCUT2D eigenvalue weighted by atomic mass is 35.5. The molecule has 2 aromatic rings. The van der Waals surface area contributed by atoms with Crippen LogP contribution in [-0.4, -0.2) is 6.61 Å². The summed E-state index contributed by atoms with van der Waals surface area (Å²) in [5.74, 6) is 0.967. The molecule has 0 amide bonds. The Labute approximate surface area is 135 Å². The number of halogens is 2. The molecule has 1 atom stereocenters. The number of benzene rings is 2. The Morgan fingerprint density at radius 2 is 1.86 bits per heavy atom. The Kier molecular flexibility index (Phi) is 3.67. The molecule has 1 heterocycles. The lowest BCUT2D eigenvalue weighted by molar-refractivity contribution is 0.291. The number of alkyl halides is 1. The van der Waals surface area contributed by atoms with Gasteiger partial charge >= 0.3 is 0 Å². The summed E-state index contributed by atoms with van der Waals surface area (Å²) in [5.41, 5.74) is 4.48. The maximum atomic E-state index is 6.67. The van der Waals surface area contributed by atoms with E-state index in [0.717, 1.165) is 34.1 Å². The van der Waals surface area contributed by atoms with Crippen LogP contribution in [0.1, 0.15) is 41.5 Å². The number of aryl methyl sites for hydroxylation is 1. The third-order valence-electron chi connectivity index (χ3n) is 3.97. The molecule has 110 valence electrons. The van der Waals surface area contributed by atoms with Gasteiger partial charge in [0, 0.05) is 16.0 Å². The van der Waals surface area contributed by atoms with Gasteiger partial charge in [0.15, 0.2) is 0 Å². The fraction of sp³-hybridized carbons (Fsp3) is 0.333. The van der Waals surface area contributed by atoms with Crippen LogP contribution in [0.3, 0.4) is 0 Å². The molecule has 0 saturated heterocycles. The molecule has 0 aliphatic carbocycles. The van der Waals surface area contributed by atoms with Crippen LogP contribution in [0, 0.1) is 6.92 Å². The van der Waals surface area contributed by atoms with Gasteiger partial charge < -0.3 is 4.74 Å². The first-order valence-corrected chi connectivity index (χ1v) is 7.87. The predicted molar refractivity (Wildman–Crippen MR) is 88.8 cm³/mol. The van der Waals surface area contributed by atoms with Crippen molar-refractivity contribution in [1.29, 1.82) is 0 Å². The van der Waals surface area contributed by atoms with Crippen LogP contribution >= 0.6 is 23.2 Å². The first-order valence-electron chi connectivity index (χ1n) is 7.05. The second kappa shape index (κ2) is 5.23. The van der Waals surface area contributed by atoms with Crippen molar-refractivity contribution in [2.45, 2.75) is 31.6 Å². The lowest BCUT2D eigenvalue weighted by Crippen LogP contribution is -2.18. The Balaban J connectivity index is 2.01. The topological polar surface area (TPSA) is 9.23 Å². The molecular weight excluding hydrogens is 303 g/mol. The summed E-state index contributed by atoms with van der Waals surface area (Å²) in [6, 6.07) is 12.2. The lowest BCUT2D eigenvalue weighted by Gasteiger charge is -2.18. The van der Waals surface area contributed by atoms with E-state index in [1.165, 1.54) is 5.56 Å². The number of hydrogen-bond acceptors (Lipinski definition) is 1. The van der Waals surface area contributed by atoms with Gasteiger partial charge in [0.1, 0.15) is 5.75 Å². The van der Waals surface area contributed by atoms with Crippen LogP contribution < -0.4 is 4.74 Å². The highest BCUT2D eigenvalue weighted by Gasteiger charge is 2.32. The van der Waals surface area contributed by atoms with Gasteiger partial charge in [-0.3, -0.25) is 0 Å². The second-order valence-electron chi connectivity index (χ2n) is 6.35. The van der Waals surface area contributed by atoms with Gasteiger partial charge in [0.2, 0.25) is 0 Å². The fourth-order valence-electron chi connectivity index (χ4n) is 2.80. The minimum absolute atomic E-state index is 0.0339. The number of ether oxygens (including phenoxy) is 1. The summed E-state index contributed by atoms with van der Waals surface area (Å²) in [7, 11) is 0. The van der Waals surface area contributed by atoms with E-state index in [1.54, 1.807) is 0 Å². The van der Waals surface area contributed by atoms with Crippen LogP contribution in [0.25, 0.3) is 0 Å². The summed E-state index contributed by atoms with van der Waals surface area (Å²) >= 11 is 12.8. The first-order chi connectivity index (χ1) is 9.87. The fourth-order valence-corrected chi connectivity index (χ4v) is 3.36. The molecule has 2 aromatic carbocycles. The SMILES string of the molecule is Cc1cc(Cl)cc(C(Cl)c2ccc3c(c2)C(C)(C)CO3)c1. The lowest BCUT2D eigenvalue weighted by atomic mass is 9.85. The van der Waals surface area contributed by atoms with Crippen molar-refractivity contribution in [2.24, 2.45) is 0 Å². The summed E-state index contributed by atoms with van der Waals surface area (Å²) < 4.78 is 5.73. The van der Waals surface area contributed by atoms with Crippen LogP contribution in [0.2, 0.25) is 5.02 Å². The molecule has 0 bridgehead atoms. The monoisotopic (exact) mass is 320 g/mol. The predicted octanol–water partition coefficient (Wildman–Crippen LogP) is 5.65. The van der Waals surface area contributed by atoms with Crippen LogP contribution in [0.4, 0.5) is 0 Å². The number of fused-ring (bicyclic) bond motifs is 1. The molecule has 1 unspecified atom stereocenters. The maximum Gasteiger partial charge on any atom is 0.123 e. The average molecular weight is 321 g/mol. The van der Waals surface area contributed by atoms with E-state index in [2.05, 4.69) is 26.0 Å². The highest BCUT2D eigenvalue weighted by molar-refractivity contribution is 6.31. The number of hydrogen-bond donors (Lipinski definition) is 0. The Hall–Kier alpha value is -1.18. The van der Waals surface area contributed by atoms with Crippen LogP contribution in [0.15, 0.2) is 36.4 Å². The van der Waals surface area contributed by atoms with E-state index in [1.807, 2.05) is 31.2 Å². The van der Waals surface area contributed by atoms with E-state index in [4.69, 9.17) is 27.9 Å². The van der Waals surface area contributed by atoms with Gasteiger partial charge in [0.25, 0.3) is 0 Å². The largest absolute Gasteiger partial charge is 0.492 e. The van der Waals surface area contributed by atoms with Gasteiger partial charge in [0.05, 0.1) is 12.0 Å². The van der Waals surface area contributed by atoms with E-state index >= 15 is 0 Å².